The number of hydrogen-bond donors (Lipinski definition) is 0. The highest BCUT2D eigenvalue weighted by Gasteiger charge is 2.23. The van der Waals surface area contributed by atoms with Crippen molar-refractivity contribution in [3.63, 3.8) is 0 Å². The molecule has 1 aliphatic carbocycles. The quantitative estimate of drug-likeness (QED) is 0.446. The lowest BCUT2D eigenvalue weighted by atomic mass is 10.2. The Morgan fingerprint density at radius 3 is 3.12 bits per heavy atom. The molecule has 2 aromatic heterocycles. The molecule has 0 amide bonds. The number of fused-ring (bicyclic) bond motifs is 1. The van der Waals surface area contributed by atoms with Crippen molar-refractivity contribution in [2.24, 2.45) is 5.11 Å². The molecule has 0 atom stereocenters. The van der Waals surface area contributed by atoms with Gasteiger partial charge in [-0.3, -0.25) is 0 Å². The van der Waals surface area contributed by atoms with Crippen LogP contribution in [-0.2, 0) is 6.54 Å². The van der Waals surface area contributed by atoms with Crippen LogP contribution in [0.15, 0.2) is 23.4 Å². The summed E-state index contributed by atoms with van der Waals surface area (Å²) in [5.41, 5.74) is 10.3. The molecule has 0 unspecified atom stereocenters. The lowest BCUT2D eigenvalue weighted by Crippen LogP contribution is -1.90. The van der Waals surface area contributed by atoms with Gasteiger partial charge in [0.2, 0.25) is 0 Å². The van der Waals surface area contributed by atoms with Gasteiger partial charge in [-0.15, -0.1) is 0 Å². The molecule has 1 saturated carbocycles. The van der Waals surface area contributed by atoms with E-state index in [0.29, 0.717) is 11.7 Å². The van der Waals surface area contributed by atoms with E-state index in [1.165, 1.54) is 18.4 Å². The van der Waals surface area contributed by atoms with E-state index in [1.54, 1.807) is 4.52 Å². The van der Waals surface area contributed by atoms with Crippen molar-refractivity contribution in [2.45, 2.75) is 25.3 Å². The lowest BCUT2D eigenvalue weighted by Gasteiger charge is -1.96. The maximum atomic E-state index is 8.22. The molecule has 0 aliphatic heterocycles. The van der Waals surface area contributed by atoms with Crippen LogP contribution >= 0.6 is 0 Å². The SMILES string of the molecule is [N-]=[N+]=NCc1nc2ccc(C3CC3)cn2n1. The Morgan fingerprint density at radius 1 is 1.50 bits per heavy atom. The number of rotatable bonds is 3. The summed E-state index contributed by atoms with van der Waals surface area (Å²) in [7, 11) is 0. The van der Waals surface area contributed by atoms with Gasteiger partial charge in [0, 0.05) is 11.1 Å². The molecule has 0 radical (unpaired) electrons. The average molecular weight is 214 g/mol. The molecular weight excluding hydrogens is 204 g/mol. The van der Waals surface area contributed by atoms with Crippen molar-refractivity contribution < 1.29 is 0 Å². The Kier molecular flexibility index (Phi) is 2.01. The van der Waals surface area contributed by atoms with E-state index >= 15 is 0 Å². The van der Waals surface area contributed by atoms with Gasteiger partial charge in [0.15, 0.2) is 11.5 Å². The summed E-state index contributed by atoms with van der Waals surface area (Å²) in [6.07, 6.45) is 4.55. The summed E-state index contributed by atoms with van der Waals surface area (Å²) in [4.78, 5) is 6.95. The minimum absolute atomic E-state index is 0.205. The first-order valence-electron chi connectivity index (χ1n) is 5.23. The van der Waals surface area contributed by atoms with Gasteiger partial charge in [0.25, 0.3) is 0 Å². The molecule has 0 saturated heterocycles. The first-order valence-corrected chi connectivity index (χ1v) is 5.23. The van der Waals surface area contributed by atoms with Gasteiger partial charge in [0.05, 0.1) is 6.54 Å². The first kappa shape index (κ1) is 9.18. The second-order valence-electron chi connectivity index (χ2n) is 3.96. The van der Waals surface area contributed by atoms with E-state index in [4.69, 9.17) is 5.53 Å². The highest BCUT2D eigenvalue weighted by Crippen LogP contribution is 2.39. The van der Waals surface area contributed by atoms with Crippen LogP contribution in [0, 0.1) is 0 Å². The van der Waals surface area contributed by atoms with Crippen LogP contribution in [0.4, 0.5) is 0 Å². The Morgan fingerprint density at radius 2 is 2.38 bits per heavy atom. The summed E-state index contributed by atoms with van der Waals surface area (Å²) in [5.74, 6) is 1.26. The molecule has 6 nitrogen and oxygen atoms in total. The molecule has 6 heteroatoms. The van der Waals surface area contributed by atoms with Gasteiger partial charge < -0.3 is 0 Å². The molecule has 0 spiro atoms. The summed E-state index contributed by atoms with van der Waals surface area (Å²) in [6.45, 7) is 0.205. The van der Waals surface area contributed by atoms with Gasteiger partial charge in [-0.05, 0) is 35.9 Å². The van der Waals surface area contributed by atoms with E-state index in [0.717, 1.165) is 5.65 Å². The van der Waals surface area contributed by atoms with Gasteiger partial charge in [-0.2, -0.15) is 5.10 Å². The third-order valence-electron chi connectivity index (χ3n) is 2.72. The monoisotopic (exact) mass is 214 g/mol. The number of aromatic nitrogens is 3. The smallest absolute Gasteiger partial charge is 0.157 e. The molecule has 16 heavy (non-hydrogen) atoms. The molecule has 0 N–H and O–H groups in total. The highest BCUT2D eigenvalue weighted by atomic mass is 15.3. The molecule has 1 fully saturated rings. The molecular formula is C10H10N6. The predicted molar refractivity (Wildman–Crippen MR) is 57.8 cm³/mol. The maximum absolute atomic E-state index is 8.22. The normalized spacial score (nSPS) is 15.0. The van der Waals surface area contributed by atoms with Crippen LogP contribution in [0.25, 0.3) is 16.1 Å². The molecule has 1 aliphatic rings. The Labute approximate surface area is 91.5 Å². The van der Waals surface area contributed by atoms with E-state index in [2.05, 4.69) is 26.2 Å². The lowest BCUT2D eigenvalue weighted by molar-refractivity contribution is 0.856. The second kappa shape index (κ2) is 3.50. The van der Waals surface area contributed by atoms with Crippen molar-refractivity contribution in [3.8, 4) is 0 Å². The number of nitrogens with zero attached hydrogens (tertiary/aromatic N) is 6. The molecule has 2 heterocycles. The summed E-state index contributed by atoms with van der Waals surface area (Å²) < 4.78 is 1.76. The maximum Gasteiger partial charge on any atom is 0.157 e. The summed E-state index contributed by atoms with van der Waals surface area (Å²) >= 11 is 0. The third-order valence-corrected chi connectivity index (χ3v) is 2.72. The largest absolute Gasteiger partial charge is 0.221 e. The fourth-order valence-corrected chi connectivity index (χ4v) is 1.77. The average Bonchev–Trinajstić information content (AvgIpc) is 3.06. The molecule has 2 aromatic rings. The van der Waals surface area contributed by atoms with Crippen molar-refractivity contribution in [1.29, 1.82) is 0 Å². The van der Waals surface area contributed by atoms with E-state index in [1.807, 2.05) is 12.3 Å². The van der Waals surface area contributed by atoms with E-state index in [-0.39, 0.29) is 6.54 Å². The Hall–Kier alpha value is -2.07. The minimum atomic E-state index is 0.205. The van der Waals surface area contributed by atoms with Crippen LogP contribution in [0.3, 0.4) is 0 Å². The van der Waals surface area contributed by atoms with Crippen LogP contribution in [0.1, 0.15) is 30.1 Å². The second-order valence-corrected chi connectivity index (χ2v) is 3.96. The molecule has 0 aromatic carbocycles. The highest BCUT2D eigenvalue weighted by molar-refractivity contribution is 5.40. The van der Waals surface area contributed by atoms with Crippen LogP contribution in [0.5, 0.6) is 0 Å². The summed E-state index contributed by atoms with van der Waals surface area (Å²) in [6, 6.07) is 4.05. The Bertz CT molecular complexity index is 576. The van der Waals surface area contributed by atoms with Gasteiger partial charge in [-0.25, -0.2) is 9.50 Å². The predicted octanol–water partition coefficient (Wildman–Crippen LogP) is 2.42. The van der Waals surface area contributed by atoms with E-state index < -0.39 is 0 Å². The fraction of sp³-hybridized carbons (Fsp3) is 0.400. The molecule has 3 rings (SSSR count). The number of azide groups is 1. The number of pyridine rings is 1. The van der Waals surface area contributed by atoms with Crippen LogP contribution in [-0.4, -0.2) is 14.6 Å². The molecule has 80 valence electrons. The number of hydrogen-bond acceptors (Lipinski definition) is 3. The third kappa shape index (κ3) is 1.59. The van der Waals surface area contributed by atoms with Crippen molar-refractivity contribution in [2.75, 3.05) is 0 Å². The summed E-state index contributed by atoms with van der Waals surface area (Å²) in [5, 5.41) is 7.71. The zero-order chi connectivity index (χ0) is 11.0. The van der Waals surface area contributed by atoms with Gasteiger partial charge >= 0.3 is 0 Å². The van der Waals surface area contributed by atoms with Crippen molar-refractivity contribution in [3.05, 3.63) is 40.2 Å². The topological polar surface area (TPSA) is 79.0 Å². The van der Waals surface area contributed by atoms with Crippen LogP contribution in [0.2, 0.25) is 0 Å². The zero-order valence-electron chi connectivity index (χ0n) is 8.61. The zero-order valence-corrected chi connectivity index (χ0v) is 8.61. The van der Waals surface area contributed by atoms with E-state index in [9.17, 15) is 0 Å². The van der Waals surface area contributed by atoms with Crippen LogP contribution < -0.4 is 0 Å². The Balaban J connectivity index is 1.99. The van der Waals surface area contributed by atoms with Crippen molar-refractivity contribution >= 4 is 5.65 Å². The van der Waals surface area contributed by atoms with Gasteiger partial charge in [-0.1, -0.05) is 11.2 Å². The first-order chi connectivity index (χ1) is 7.86. The fourth-order valence-electron chi connectivity index (χ4n) is 1.77. The molecule has 0 bridgehead atoms. The van der Waals surface area contributed by atoms with Crippen molar-refractivity contribution in [1.82, 2.24) is 14.6 Å². The standard InChI is InChI=1S/C10H10N6/c11-15-12-5-9-13-10-4-3-8(7-1-2-7)6-16(10)14-9/h3-4,6-7H,1-2,5H2. The van der Waals surface area contributed by atoms with Gasteiger partial charge in [0.1, 0.15) is 0 Å². The minimum Gasteiger partial charge on any atom is -0.221 e.